The van der Waals surface area contributed by atoms with E-state index < -0.39 is 0 Å². The first-order chi connectivity index (χ1) is 10.8. The Hall–Kier alpha value is -1.53. The van der Waals surface area contributed by atoms with Gasteiger partial charge in [0.25, 0.3) is 0 Å². The molecule has 0 aliphatic carbocycles. The van der Waals surface area contributed by atoms with Gasteiger partial charge >= 0.3 is 0 Å². The van der Waals surface area contributed by atoms with Crippen molar-refractivity contribution in [2.24, 2.45) is 4.99 Å². The Bertz CT molecular complexity index is 581. The summed E-state index contributed by atoms with van der Waals surface area (Å²) >= 11 is 3.49. The normalized spacial score (nSPS) is 11.5. The molecule has 2 rings (SSSR count). The number of aromatic nitrogens is 1. The van der Waals surface area contributed by atoms with Crippen LogP contribution in [0.5, 0.6) is 0 Å². The zero-order valence-electron chi connectivity index (χ0n) is 13.0. The number of guanidine groups is 1. The maximum atomic E-state index is 4.66. The molecule has 4 nitrogen and oxygen atoms in total. The fourth-order valence-corrected chi connectivity index (χ4v) is 2.99. The quantitative estimate of drug-likeness (QED) is 0.464. The van der Waals surface area contributed by atoms with E-state index in [1.807, 2.05) is 30.0 Å². The molecule has 0 saturated carbocycles. The number of nitrogens with one attached hydrogen (secondary N) is 2. The Balaban J connectivity index is 1.97. The number of aliphatic imine (C=N–C) groups is 1. The summed E-state index contributed by atoms with van der Waals surface area (Å²) in [4.78, 5) is 9.25. The van der Waals surface area contributed by atoms with Gasteiger partial charge in [0.1, 0.15) is 5.01 Å². The first-order valence-corrected chi connectivity index (χ1v) is 9.61. The summed E-state index contributed by atoms with van der Waals surface area (Å²) in [5.74, 6) is 1.92. The summed E-state index contributed by atoms with van der Waals surface area (Å²) in [5, 5.41) is 9.71. The minimum Gasteiger partial charge on any atom is -0.357 e. The highest BCUT2D eigenvalue weighted by molar-refractivity contribution is 7.98. The van der Waals surface area contributed by atoms with E-state index in [4.69, 9.17) is 0 Å². The Morgan fingerprint density at radius 1 is 1.27 bits per heavy atom. The summed E-state index contributed by atoms with van der Waals surface area (Å²) in [6, 6.07) is 10.3. The first-order valence-electron chi connectivity index (χ1n) is 7.34. The van der Waals surface area contributed by atoms with Crippen LogP contribution in [0.25, 0.3) is 10.6 Å². The minimum atomic E-state index is 0.595. The van der Waals surface area contributed by atoms with Crippen LogP contribution in [0.1, 0.15) is 12.6 Å². The number of nitrogens with zero attached hydrogens (tertiary/aromatic N) is 2. The number of hydrogen-bond acceptors (Lipinski definition) is 4. The molecule has 0 unspecified atom stereocenters. The second-order valence-corrected chi connectivity index (χ2v) is 6.47. The molecule has 2 aromatic rings. The largest absolute Gasteiger partial charge is 0.357 e. The Morgan fingerprint density at radius 2 is 2.09 bits per heavy atom. The molecule has 1 heterocycles. The van der Waals surface area contributed by atoms with Gasteiger partial charge in [-0.05, 0) is 13.2 Å². The number of hydrogen-bond donors (Lipinski definition) is 2. The summed E-state index contributed by atoms with van der Waals surface area (Å²) < 4.78 is 0. The molecule has 1 aromatic heterocycles. The SMILES string of the molecule is CCNC(=NCc1csc(-c2ccccc2)n1)NCCSC. The maximum absolute atomic E-state index is 4.66. The molecule has 0 radical (unpaired) electrons. The molecule has 1 aromatic carbocycles. The van der Waals surface area contributed by atoms with Gasteiger partial charge in [-0.1, -0.05) is 30.3 Å². The molecular formula is C16H22N4S2. The van der Waals surface area contributed by atoms with Gasteiger partial charge in [0.15, 0.2) is 5.96 Å². The second kappa shape index (κ2) is 9.48. The van der Waals surface area contributed by atoms with Gasteiger partial charge in [-0.25, -0.2) is 9.98 Å². The topological polar surface area (TPSA) is 49.3 Å². The Morgan fingerprint density at radius 3 is 2.82 bits per heavy atom. The van der Waals surface area contributed by atoms with Gasteiger partial charge in [-0.2, -0.15) is 11.8 Å². The van der Waals surface area contributed by atoms with Crippen molar-refractivity contribution in [2.45, 2.75) is 13.5 Å². The Kier molecular flexibility index (Phi) is 7.25. The maximum Gasteiger partial charge on any atom is 0.191 e. The van der Waals surface area contributed by atoms with E-state index in [1.54, 1.807) is 11.3 Å². The highest BCUT2D eigenvalue weighted by Crippen LogP contribution is 2.23. The molecule has 0 aliphatic heterocycles. The smallest absolute Gasteiger partial charge is 0.191 e. The Labute approximate surface area is 140 Å². The van der Waals surface area contributed by atoms with E-state index in [2.05, 4.69) is 51.3 Å². The van der Waals surface area contributed by atoms with Crippen LogP contribution >= 0.6 is 23.1 Å². The summed E-state index contributed by atoms with van der Waals surface area (Å²) in [6.45, 7) is 4.44. The van der Waals surface area contributed by atoms with Crippen molar-refractivity contribution in [3.05, 3.63) is 41.4 Å². The van der Waals surface area contributed by atoms with Crippen LogP contribution in [-0.4, -0.2) is 36.0 Å². The zero-order valence-corrected chi connectivity index (χ0v) is 14.6. The fraction of sp³-hybridized carbons (Fsp3) is 0.375. The van der Waals surface area contributed by atoms with E-state index in [-0.39, 0.29) is 0 Å². The van der Waals surface area contributed by atoms with Crippen molar-refractivity contribution in [1.82, 2.24) is 15.6 Å². The van der Waals surface area contributed by atoms with Gasteiger partial charge in [0.2, 0.25) is 0 Å². The van der Waals surface area contributed by atoms with Crippen LogP contribution in [0, 0.1) is 0 Å². The van der Waals surface area contributed by atoms with E-state index in [9.17, 15) is 0 Å². The van der Waals surface area contributed by atoms with Crippen LogP contribution in [-0.2, 0) is 6.54 Å². The van der Waals surface area contributed by atoms with E-state index in [0.29, 0.717) is 6.54 Å². The summed E-state index contributed by atoms with van der Waals surface area (Å²) in [5.41, 5.74) is 2.17. The third kappa shape index (κ3) is 5.35. The van der Waals surface area contributed by atoms with Crippen LogP contribution in [0.2, 0.25) is 0 Å². The van der Waals surface area contributed by atoms with Gasteiger partial charge in [-0.15, -0.1) is 11.3 Å². The number of thiazole rings is 1. The van der Waals surface area contributed by atoms with Crippen molar-refractivity contribution < 1.29 is 0 Å². The molecule has 2 N–H and O–H groups in total. The van der Waals surface area contributed by atoms with Crippen molar-refractivity contribution >= 4 is 29.1 Å². The standard InChI is InChI=1S/C16H22N4S2/c1-3-17-16(18-9-10-21-2)19-11-14-12-22-15(20-14)13-7-5-4-6-8-13/h4-8,12H,3,9-11H2,1-2H3,(H2,17,18,19). The van der Waals surface area contributed by atoms with Crippen molar-refractivity contribution in [3.8, 4) is 10.6 Å². The van der Waals surface area contributed by atoms with Crippen molar-refractivity contribution in [3.63, 3.8) is 0 Å². The molecule has 0 fully saturated rings. The van der Waals surface area contributed by atoms with Crippen LogP contribution in [0.3, 0.4) is 0 Å². The summed E-state index contributed by atoms with van der Waals surface area (Å²) in [7, 11) is 0. The molecule has 0 amide bonds. The van der Waals surface area contributed by atoms with Gasteiger partial charge in [-0.3, -0.25) is 0 Å². The van der Waals surface area contributed by atoms with Crippen molar-refractivity contribution in [1.29, 1.82) is 0 Å². The third-order valence-corrected chi connectivity index (χ3v) is 4.47. The lowest BCUT2D eigenvalue weighted by Crippen LogP contribution is -2.38. The van der Waals surface area contributed by atoms with E-state index >= 15 is 0 Å². The van der Waals surface area contributed by atoms with Crippen LogP contribution < -0.4 is 10.6 Å². The predicted molar refractivity (Wildman–Crippen MR) is 98.8 cm³/mol. The van der Waals surface area contributed by atoms with Gasteiger partial charge < -0.3 is 10.6 Å². The lowest BCUT2D eigenvalue weighted by atomic mass is 10.2. The molecule has 0 atom stereocenters. The minimum absolute atomic E-state index is 0.595. The van der Waals surface area contributed by atoms with Crippen LogP contribution in [0.4, 0.5) is 0 Å². The number of rotatable bonds is 7. The monoisotopic (exact) mass is 334 g/mol. The number of benzene rings is 1. The lowest BCUT2D eigenvalue weighted by molar-refractivity contribution is 0.839. The highest BCUT2D eigenvalue weighted by Gasteiger charge is 2.04. The third-order valence-electron chi connectivity index (χ3n) is 2.91. The zero-order chi connectivity index (χ0) is 15.6. The highest BCUT2D eigenvalue weighted by atomic mass is 32.2. The second-order valence-electron chi connectivity index (χ2n) is 4.62. The molecule has 6 heteroatoms. The van der Waals surface area contributed by atoms with E-state index in [1.165, 1.54) is 0 Å². The van der Waals surface area contributed by atoms with E-state index in [0.717, 1.165) is 41.1 Å². The molecule has 0 aliphatic rings. The lowest BCUT2D eigenvalue weighted by Gasteiger charge is -2.09. The van der Waals surface area contributed by atoms with Gasteiger partial charge in [0.05, 0.1) is 12.2 Å². The average Bonchev–Trinajstić information content (AvgIpc) is 3.03. The average molecular weight is 335 g/mol. The molecule has 22 heavy (non-hydrogen) atoms. The fourth-order valence-electron chi connectivity index (χ4n) is 1.87. The summed E-state index contributed by atoms with van der Waals surface area (Å²) in [6.07, 6.45) is 2.10. The van der Waals surface area contributed by atoms with Gasteiger partial charge in [0, 0.05) is 29.8 Å². The molecule has 0 bridgehead atoms. The first kappa shape index (κ1) is 16.8. The number of thioether (sulfide) groups is 1. The predicted octanol–water partition coefficient (Wildman–Crippen LogP) is 3.23. The van der Waals surface area contributed by atoms with Crippen molar-refractivity contribution in [2.75, 3.05) is 25.1 Å². The molecular weight excluding hydrogens is 312 g/mol. The molecule has 0 saturated heterocycles. The molecule has 118 valence electrons. The molecule has 0 spiro atoms. The van der Waals surface area contributed by atoms with Crippen LogP contribution in [0.15, 0.2) is 40.7 Å².